The molecule has 7 heteroatoms. The van der Waals surface area contributed by atoms with Crippen molar-refractivity contribution in [2.24, 2.45) is 0 Å². The maximum atomic E-state index is 13.8. The van der Waals surface area contributed by atoms with E-state index in [9.17, 15) is 4.79 Å². The zero-order valence-corrected chi connectivity index (χ0v) is 27.8. The summed E-state index contributed by atoms with van der Waals surface area (Å²) < 4.78 is 10.8. The lowest BCUT2D eigenvalue weighted by Gasteiger charge is -2.15. The van der Waals surface area contributed by atoms with Crippen LogP contribution in [0.3, 0.4) is 0 Å². The molecule has 48 heavy (non-hydrogen) atoms. The number of fused-ring (bicyclic) bond motifs is 1. The van der Waals surface area contributed by atoms with Crippen molar-refractivity contribution in [3.63, 3.8) is 0 Å². The van der Waals surface area contributed by atoms with Crippen LogP contribution in [0, 0.1) is 13.8 Å². The summed E-state index contributed by atoms with van der Waals surface area (Å²) in [5.41, 5.74) is 9.39. The van der Waals surface area contributed by atoms with E-state index in [-0.39, 0.29) is 0 Å². The van der Waals surface area contributed by atoms with Crippen LogP contribution >= 0.6 is 15.9 Å². The van der Waals surface area contributed by atoms with Crippen LogP contribution in [0.2, 0.25) is 0 Å². The fourth-order valence-electron chi connectivity index (χ4n) is 6.30. The molecule has 5 aromatic carbocycles. The van der Waals surface area contributed by atoms with Gasteiger partial charge in [0.25, 0.3) is 0 Å². The number of hydrogen-bond acceptors (Lipinski definition) is 4. The molecule has 3 heterocycles. The largest absolute Gasteiger partial charge is 0.422 e. The van der Waals surface area contributed by atoms with E-state index in [0.29, 0.717) is 28.2 Å². The molecule has 0 saturated carbocycles. The SMILES string of the molecule is Cc1cc(C)cc(-n2c(-c3cn(-c4ccccc4)nc3-c3cc4cc(Br)ccc4oc3=O)nc(-c3ccccc3)c2-c2ccccc2)c1. The summed E-state index contributed by atoms with van der Waals surface area (Å²) in [7, 11) is 0. The lowest BCUT2D eigenvalue weighted by Crippen LogP contribution is -2.06. The highest BCUT2D eigenvalue weighted by molar-refractivity contribution is 9.10. The molecule has 0 aliphatic carbocycles. The third kappa shape index (κ3) is 5.38. The predicted octanol–water partition coefficient (Wildman–Crippen LogP) is 10.2. The average molecular weight is 690 g/mol. The highest BCUT2D eigenvalue weighted by atomic mass is 79.9. The van der Waals surface area contributed by atoms with Gasteiger partial charge in [0.1, 0.15) is 17.1 Å². The van der Waals surface area contributed by atoms with Gasteiger partial charge >= 0.3 is 5.63 Å². The summed E-state index contributed by atoms with van der Waals surface area (Å²) in [5.74, 6) is 0.656. The lowest BCUT2D eigenvalue weighted by atomic mass is 10.0. The van der Waals surface area contributed by atoms with Gasteiger partial charge in [0.15, 0.2) is 0 Å². The van der Waals surface area contributed by atoms with E-state index < -0.39 is 5.63 Å². The highest BCUT2D eigenvalue weighted by Crippen LogP contribution is 2.41. The minimum absolute atomic E-state index is 0.350. The van der Waals surface area contributed by atoms with E-state index in [1.807, 2.05) is 91.1 Å². The molecule has 0 N–H and O–H groups in total. The first-order chi connectivity index (χ1) is 23.4. The van der Waals surface area contributed by atoms with E-state index >= 15 is 0 Å². The summed E-state index contributed by atoms with van der Waals surface area (Å²) in [6.45, 7) is 4.20. The number of aromatic nitrogens is 4. The molecular formula is C41H29BrN4O2. The van der Waals surface area contributed by atoms with Crippen LogP contribution in [0.15, 0.2) is 153 Å². The second-order valence-electron chi connectivity index (χ2n) is 11.8. The molecule has 232 valence electrons. The number of imidazole rings is 1. The molecule has 0 bridgehead atoms. The van der Waals surface area contributed by atoms with Gasteiger partial charge in [0.05, 0.1) is 28.2 Å². The summed E-state index contributed by atoms with van der Waals surface area (Å²) in [6, 6.07) is 44.4. The molecule has 3 aromatic heterocycles. The Morgan fingerprint density at radius 3 is 1.98 bits per heavy atom. The molecule has 0 unspecified atom stereocenters. The highest BCUT2D eigenvalue weighted by Gasteiger charge is 2.28. The van der Waals surface area contributed by atoms with E-state index in [1.54, 1.807) is 10.7 Å². The Kier molecular flexibility index (Phi) is 7.46. The van der Waals surface area contributed by atoms with Crippen molar-refractivity contribution in [1.82, 2.24) is 19.3 Å². The monoisotopic (exact) mass is 688 g/mol. The van der Waals surface area contributed by atoms with E-state index in [0.717, 1.165) is 54.9 Å². The van der Waals surface area contributed by atoms with E-state index in [2.05, 4.69) is 76.8 Å². The van der Waals surface area contributed by atoms with Crippen LogP contribution in [-0.4, -0.2) is 19.3 Å². The maximum absolute atomic E-state index is 13.8. The van der Waals surface area contributed by atoms with Crippen LogP contribution in [0.4, 0.5) is 0 Å². The van der Waals surface area contributed by atoms with Crippen molar-refractivity contribution in [2.75, 3.05) is 0 Å². The van der Waals surface area contributed by atoms with E-state index in [4.69, 9.17) is 14.5 Å². The molecular weight excluding hydrogens is 660 g/mol. The summed E-state index contributed by atoms with van der Waals surface area (Å²) in [6.07, 6.45) is 1.96. The third-order valence-electron chi connectivity index (χ3n) is 8.36. The number of aryl methyl sites for hydroxylation is 2. The third-order valence-corrected chi connectivity index (χ3v) is 8.86. The topological polar surface area (TPSA) is 65.8 Å². The van der Waals surface area contributed by atoms with Gasteiger partial charge in [-0.05, 0) is 73.5 Å². The number of nitrogens with zero attached hydrogens (tertiary/aromatic N) is 4. The van der Waals surface area contributed by atoms with Crippen molar-refractivity contribution < 1.29 is 4.42 Å². The summed E-state index contributed by atoms with van der Waals surface area (Å²) in [4.78, 5) is 19.2. The minimum atomic E-state index is -0.472. The quantitative estimate of drug-likeness (QED) is 0.163. The van der Waals surface area contributed by atoms with Gasteiger partial charge in [-0.3, -0.25) is 4.57 Å². The Morgan fingerprint density at radius 1 is 0.646 bits per heavy atom. The zero-order valence-electron chi connectivity index (χ0n) is 26.3. The number of para-hydroxylation sites is 1. The fourth-order valence-corrected chi connectivity index (χ4v) is 6.68. The normalized spacial score (nSPS) is 11.3. The molecule has 8 rings (SSSR count). The van der Waals surface area contributed by atoms with Crippen molar-refractivity contribution in [3.05, 3.63) is 166 Å². The maximum Gasteiger partial charge on any atom is 0.345 e. The average Bonchev–Trinajstić information content (AvgIpc) is 3.72. The number of benzene rings is 5. The number of halogens is 1. The predicted molar refractivity (Wildman–Crippen MR) is 196 cm³/mol. The van der Waals surface area contributed by atoms with Gasteiger partial charge < -0.3 is 4.42 Å². The fraction of sp³-hybridized carbons (Fsp3) is 0.0488. The molecule has 8 aromatic rings. The second kappa shape index (κ2) is 12.1. The summed E-state index contributed by atoms with van der Waals surface area (Å²) in [5, 5.41) is 5.85. The van der Waals surface area contributed by atoms with Crippen LogP contribution in [0.25, 0.3) is 67.5 Å². The van der Waals surface area contributed by atoms with Gasteiger partial charge in [0.2, 0.25) is 0 Å². The Bertz CT molecular complexity index is 2480. The van der Waals surface area contributed by atoms with Crippen molar-refractivity contribution >= 4 is 26.9 Å². The van der Waals surface area contributed by atoms with Crippen molar-refractivity contribution in [2.45, 2.75) is 13.8 Å². The first kappa shape index (κ1) is 29.6. The van der Waals surface area contributed by atoms with Gasteiger partial charge in [-0.15, -0.1) is 0 Å². The molecule has 0 radical (unpaired) electrons. The first-order valence-electron chi connectivity index (χ1n) is 15.6. The minimum Gasteiger partial charge on any atom is -0.422 e. The molecule has 0 aliphatic heterocycles. The smallest absolute Gasteiger partial charge is 0.345 e. The Morgan fingerprint density at radius 2 is 1.29 bits per heavy atom. The Hall–Kier alpha value is -5.79. The first-order valence-corrected chi connectivity index (χ1v) is 16.4. The van der Waals surface area contributed by atoms with Gasteiger partial charge in [-0.1, -0.05) is 101 Å². The van der Waals surface area contributed by atoms with Gasteiger partial charge in [-0.25, -0.2) is 14.5 Å². The standard InChI is InChI=1S/C41H29BrN4O2/c1-26-20-27(2)22-33(21-26)46-39(29-14-8-4-9-15-29)37(28-12-6-3-7-13-28)43-40(46)35-25-45(32-16-10-5-11-17-32)44-38(35)34-24-30-23-31(42)18-19-36(30)48-41(34)47/h3-25H,1-2H3. The van der Waals surface area contributed by atoms with Crippen LogP contribution in [0.5, 0.6) is 0 Å². The van der Waals surface area contributed by atoms with Crippen molar-refractivity contribution in [1.29, 1.82) is 0 Å². The Labute approximate surface area is 285 Å². The molecule has 0 atom stereocenters. The Balaban J connectivity index is 1.51. The lowest BCUT2D eigenvalue weighted by molar-refractivity contribution is 0.563. The van der Waals surface area contributed by atoms with Gasteiger partial charge in [-0.2, -0.15) is 5.10 Å². The molecule has 0 spiro atoms. The van der Waals surface area contributed by atoms with Crippen LogP contribution in [0.1, 0.15) is 11.1 Å². The molecule has 0 aliphatic rings. The van der Waals surface area contributed by atoms with Crippen LogP contribution in [-0.2, 0) is 0 Å². The number of rotatable bonds is 6. The molecule has 0 fully saturated rings. The molecule has 0 amide bonds. The van der Waals surface area contributed by atoms with Crippen molar-refractivity contribution in [3.8, 4) is 56.5 Å². The number of hydrogen-bond donors (Lipinski definition) is 0. The van der Waals surface area contributed by atoms with Gasteiger partial charge in [0, 0.05) is 32.9 Å². The van der Waals surface area contributed by atoms with E-state index in [1.165, 1.54) is 0 Å². The molecule has 6 nitrogen and oxygen atoms in total. The van der Waals surface area contributed by atoms with Crippen LogP contribution < -0.4 is 5.63 Å². The second-order valence-corrected chi connectivity index (χ2v) is 12.8. The summed E-state index contributed by atoms with van der Waals surface area (Å²) >= 11 is 3.57. The zero-order chi connectivity index (χ0) is 32.8. The molecule has 0 saturated heterocycles.